The third-order valence-corrected chi connectivity index (χ3v) is 9.29. The molecule has 2 atom stereocenters. The summed E-state index contributed by atoms with van der Waals surface area (Å²) in [6, 6.07) is 30.8. The topological polar surface area (TPSA) is 74.0 Å². The van der Waals surface area contributed by atoms with Crippen molar-refractivity contribution < 1.29 is 18.6 Å². The van der Waals surface area contributed by atoms with E-state index in [1.54, 1.807) is 0 Å². The molecule has 210 valence electrons. The Hall–Kier alpha value is -2.41. The van der Waals surface area contributed by atoms with Gasteiger partial charge in [0.2, 0.25) is 6.29 Å². The normalized spacial score (nSPS) is 17.8. The van der Waals surface area contributed by atoms with Crippen LogP contribution < -0.4 is 10.2 Å². The number of alkyl halides is 2. The maximum atomic E-state index is 13.2. The fourth-order valence-corrected chi connectivity index (χ4v) is 7.22. The van der Waals surface area contributed by atoms with Gasteiger partial charge in [-0.25, -0.2) is 10.2 Å². The lowest BCUT2D eigenvalue weighted by Gasteiger charge is -2.43. The number of benzene rings is 4. The Morgan fingerprint density at radius 1 is 0.925 bits per heavy atom. The summed E-state index contributed by atoms with van der Waals surface area (Å²) < 4.78 is 33.8. The van der Waals surface area contributed by atoms with Gasteiger partial charge in [0.05, 0.1) is 6.61 Å². The molecule has 4 aromatic carbocycles. The van der Waals surface area contributed by atoms with Gasteiger partial charge in [0.1, 0.15) is 5.75 Å². The monoisotopic (exact) mass is 598 g/mol. The summed E-state index contributed by atoms with van der Waals surface area (Å²) in [5.74, 6) is 1.25. The van der Waals surface area contributed by atoms with Gasteiger partial charge in [-0.15, -0.1) is 23.2 Å². The first-order valence-corrected chi connectivity index (χ1v) is 16.0. The van der Waals surface area contributed by atoms with Crippen molar-refractivity contribution in [1.29, 1.82) is 0 Å². The SMILES string of the molecule is Cc1cccc2cc3c(cc12)OC(CCOP(N)(=O)N(CCCl)CCCl)OC3(c1ccccc1)c1ccccc1. The molecule has 9 heteroatoms. The Labute approximate surface area is 245 Å². The van der Waals surface area contributed by atoms with E-state index in [1.165, 1.54) is 4.67 Å². The molecule has 4 aromatic rings. The standard InChI is InChI=1S/C31H33Cl2N2O4P/c1-23-9-8-10-24-21-28-29(22-27(23)24)38-30(15-20-37-40(34,36)35(18-16-32)19-17-33)39-31(28,25-11-4-2-5-12-25)26-13-6-3-7-14-26/h2-14,21-22,30H,15-20H2,1H3,(H2,34,36). The van der Waals surface area contributed by atoms with Crippen LogP contribution in [0.25, 0.3) is 10.8 Å². The number of nitrogens with two attached hydrogens (primary N) is 1. The molecular weight excluding hydrogens is 566 g/mol. The van der Waals surface area contributed by atoms with E-state index in [4.69, 9.17) is 42.7 Å². The number of hydrogen-bond donors (Lipinski definition) is 1. The van der Waals surface area contributed by atoms with Crippen LogP contribution in [0.5, 0.6) is 5.75 Å². The number of fused-ring (bicyclic) bond motifs is 2. The van der Waals surface area contributed by atoms with Crippen molar-refractivity contribution in [3.63, 3.8) is 0 Å². The molecule has 40 heavy (non-hydrogen) atoms. The minimum absolute atomic E-state index is 0.0567. The summed E-state index contributed by atoms with van der Waals surface area (Å²) in [6.45, 7) is 2.77. The van der Waals surface area contributed by atoms with Crippen molar-refractivity contribution in [2.24, 2.45) is 5.50 Å². The number of ether oxygens (including phenoxy) is 2. The van der Waals surface area contributed by atoms with E-state index in [0.717, 1.165) is 38.8 Å². The predicted molar refractivity (Wildman–Crippen MR) is 162 cm³/mol. The Bertz CT molecular complexity index is 1440. The van der Waals surface area contributed by atoms with Gasteiger partial charge < -0.3 is 14.0 Å². The van der Waals surface area contributed by atoms with Crippen molar-refractivity contribution in [1.82, 2.24) is 4.67 Å². The van der Waals surface area contributed by atoms with Crippen LogP contribution in [0.3, 0.4) is 0 Å². The average molecular weight is 599 g/mol. The quantitative estimate of drug-likeness (QED) is 0.143. The van der Waals surface area contributed by atoms with Gasteiger partial charge in [0.25, 0.3) is 0 Å². The summed E-state index contributed by atoms with van der Waals surface area (Å²) in [4.78, 5) is 0. The molecule has 2 unspecified atom stereocenters. The van der Waals surface area contributed by atoms with Crippen molar-refractivity contribution >= 4 is 41.6 Å². The highest BCUT2D eigenvalue weighted by atomic mass is 35.5. The van der Waals surface area contributed by atoms with E-state index in [9.17, 15) is 4.57 Å². The van der Waals surface area contributed by atoms with Crippen LogP contribution in [0.1, 0.15) is 28.7 Å². The number of rotatable bonds is 11. The molecule has 0 saturated carbocycles. The maximum Gasteiger partial charge on any atom is 0.340 e. The Morgan fingerprint density at radius 2 is 1.55 bits per heavy atom. The highest BCUT2D eigenvalue weighted by molar-refractivity contribution is 7.53. The number of halogens is 2. The molecule has 1 heterocycles. The van der Waals surface area contributed by atoms with Crippen molar-refractivity contribution in [2.75, 3.05) is 31.5 Å². The first kappa shape index (κ1) is 29.1. The van der Waals surface area contributed by atoms with E-state index in [2.05, 4.69) is 61.5 Å². The summed E-state index contributed by atoms with van der Waals surface area (Å²) >= 11 is 11.8. The molecule has 0 aromatic heterocycles. The molecule has 0 fully saturated rings. The van der Waals surface area contributed by atoms with Gasteiger partial charge in [0.15, 0.2) is 5.60 Å². The van der Waals surface area contributed by atoms with Crippen molar-refractivity contribution in [3.8, 4) is 5.75 Å². The summed E-state index contributed by atoms with van der Waals surface area (Å²) in [6.07, 6.45) is -0.410. The number of nitrogens with zero attached hydrogens (tertiary/aromatic N) is 1. The van der Waals surface area contributed by atoms with Gasteiger partial charge in [0, 0.05) is 36.8 Å². The predicted octanol–water partition coefficient (Wildman–Crippen LogP) is 7.43. The smallest absolute Gasteiger partial charge is 0.340 e. The highest BCUT2D eigenvalue weighted by Gasteiger charge is 2.46. The van der Waals surface area contributed by atoms with Crippen LogP contribution in [0.4, 0.5) is 0 Å². The fourth-order valence-electron chi connectivity index (χ4n) is 5.29. The van der Waals surface area contributed by atoms with E-state index < -0.39 is 19.6 Å². The van der Waals surface area contributed by atoms with Crippen LogP contribution in [-0.2, 0) is 19.4 Å². The summed E-state index contributed by atoms with van der Waals surface area (Å²) in [7, 11) is -3.60. The first-order valence-electron chi connectivity index (χ1n) is 13.3. The molecule has 1 aliphatic heterocycles. The molecule has 0 spiro atoms. The van der Waals surface area contributed by atoms with Crippen LogP contribution in [0, 0.1) is 6.92 Å². The third kappa shape index (κ3) is 5.81. The lowest BCUT2D eigenvalue weighted by atomic mass is 9.78. The van der Waals surface area contributed by atoms with Gasteiger partial charge in [-0.2, -0.15) is 0 Å². The molecule has 0 radical (unpaired) electrons. The van der Waals surface area contributed by atoms with Crippen LogP contribution in [0.2, 0.25) is 0 Å². The lowest BCUT2D eigenvalue weighted by Crippen LogP contribution is -2.43. The molecule has 5 rings (SSSR count). The fraction of sp³-hybridized carbons (Fsp3) is 0.290. The van der Waals surface area contributed by atoms with E-state index in [1.807, 2.05) is 36.4 Å². The minimum Gasteiger partial charge on any atom is -0.464 e. The van der Waals surface area contributed by atoms with Gasteiger partial charge in [-0.1, -0.05) is 78.9 Å². The third-order valence-electron chi connectivity index (χ3n) is 7.21. The molecule has 0 aliphatic carbocycles. The summed E-state index contributed by atoms with van der Waals surface area (Å²) in [5, 5.41) is 2.21. The second-order valence-corrected chi connectivity index (χ2v) is 12.4. The average Bonchev–Trinajstić information content (AvgIpc) is 2.97. The van der Waals surface area contributed by atoms with Gasteiger partial charge in [-0.05, 0) is 46.5 Å². The molecule has 0 amide bonds. The highest BCUT2D eigenvalue weighted by Crippen LogP contribution is 2.50. The lowest BCUT2D eigenvalue weighted by molar-refractivity contribution is -0.168. The summed E-state index contributed by atoms with van der Waals surface area (Å²) in [5.41, 5.74) is 9.17. The Balaban J connectivity index is 1.56. The van der Waals surface area contributed by atoms with E-state index in [0.29, 0.717) is 19.5 Å². The Kier molecular flexibility index (Phi) is 9.18. The van der Waals surface area contributed by atoms with E-state index in [-0.39, 0.29) is 18.4 Å². The molecule has 2 N–H and O–H groups in total. The molecule has 0 bridgehead atoms. The molecule has 6 nitrogen and oxygen atoms in total. The largest absolute Gasteiger partial charge is 0.464 e. The van der Waals surface area contributed by atoms with Gasteiger partial charge in [-0.3, -0.25) is 4.57 Å². The second-order valence-electron chi connectivity index (χ2n) is 9.74. The molecule has 1 aliphatic rings. The zero-order valence-corrected chi connectivity index (χ0v) is 24.7. The molecular formula is C31H33Cl2N2O4P. The number of hydrogen-bond acceptors (Lipinski definition) is 4. The Morgan fingerprint density at radius 3 is 2.15 bits per heavy atom. The molecule has 0 saturated heterocycles. The van der Waals surface area contributed by atoms with Crippen molar-refractivity contribution in [2.45, 2.75) is 25.2 Å². The zero-order valence-electron chi connectivity index (χ0n) is 22.3. The van der Waals surface area contributed by atoms with Crippen molar-refractivity contribution in [3.05, 3.63) is 113 Å². The van der Waals surface area contributed by atoms with Crippen LogP contribution in [0.15, 0.2) is 91.0 Å². The van der Waals surface area contributed by atoms with Gasteiger partial charge >= 0.3 is 7.67 Å². The minimum atomic E-state index is -3.60. The maximum absolute atomic E-state index is 13.2. The second kappa shape index (κ2) is 12.6. The van der Waals surface area contributed by atoms with Crippen LogP contribution >= 0.6 is 30.9 Å². The van der Waals surface area contributed by atoms with E-state index >= 15 is 0 Å². The zero-order chi connectivity index (χ0) is 28.2. The van der Waals surface area contributed by atoms with Crippen LogP contribution in [-0.4, -0.2) is 42.4 Å². The number of aryl methyl sites for hydroxylation is 1. The first-order chi connectivity index (χ1) is 19.4.